The molecular formula is C25H29ClN4O3S. The van der Waals surface area contributed by atoms with Gasteiger partial charge in [0.05, 0.1) is 10.6 Å². The van der Waals surface area contributed by atoms with Crippen molar-refractivity contribution in [1.29, 1.82) is 0 Å². The number of carbonyl (C=O) groups excluding carboxylic acids is 2. The molecule has 0 saturated carbocycles. The van der Waals surface area contributed by atoms with Crippen molar-refractivity contribution < 1.29 is 14.3 Å². The number of benzene rings is 1. The number of piperazine rings is 1. The quantitative estimate of drug-likeness (QED) is 0.569. The lowest BCUT2D eigenvalue weighted by atomic mass is 9.98. The zero-order valence-electron chi connectivity index (χ0n) is 19.4. The molecule has 4 rings (SSSR count). The van der Waals surface area contributed by atoms with Crippen LogP contribution in [0.25, 0.3) is 5.57 Å². The first-order valence-corrected chi connectivity index (χ1v) is 12.6. The number of ether oxygens (including phenoxy) is 1. The van der Waals surface area contributed by atoms with E-state index in [1.165, 1.54) is 6.92 Å². The number of aliphatic imine (C=N–C) groups is 1. The Balaban J connectivity index is 1.63. The Morgan fingerprint density at radius 1 is 1.35 bits per heavy atom. The fraction of sp³-hybridized carbons (Fsp3) is 0.400. The molecule has 1 aromatic heterocycles. The van der Waals surface area contributed by atoms with Crippen molar-refractivity contribution in [2.24, 2.45) is 4.99 Å². The summed E-state index contributed by atoms with van der Waals surface area (Å²) in [5, 5.41) is 6.70. The van der Waals surface area contributed by atoms with Gasteiger partial charge in [-0.15, -0.1) is 11.3 Å². The molecule has 180 valence electrons. The molecule has 2 amide bonds. The minimum absolute atomic E-state index is 0.0200. The average molecular weight is 501 g/mol. The maximum atomic E-state index is 13.1. The van der Waals surface area contributed by atoms with Crippen LogP contribution >= 0.6 is 22.9 Å². The third kappa shape index (κ3) is 5.19. The summed E-state index contributed by atoms with van der Waals surface area (Å²) in [6, 6.07) is 5.77. The van der Waals surface area contributed by atoms with Crippen molar-refractivity contribution in [3.05, 3.63) is 50.2 Å². The first-order chi connectivity index (χ1) is 16.4. The van der Waals surface area contributed by atoms with Crippen LogP contribution in [0, 0.1) is 0 Å². The van der Waals surface area contributed by atoms with Gasteiger partial charge in [0, 0.05) is 72.7 Å². The summed E-state index contributed by atoms with van der Waals surface area (Å²) in [5.74, 6) is 0.672. The zero-order valence-corrected chi connectivity index (χ0v) is 21.0. The molecule has 1 atom stereocenters. The van der Waals surface area contributed by atoms with Crippen molar-refractivity contribution in [3.63, 3.8) is 0 Å². The van der Waals surface area contributed by atoms with Gasteiger partial charge >= 0.3 is 0 Å². The number of hydrogen-bond acceptors (Lipinski definition) is 6. The smallest absolute Gasteiger partial charge is 0.264 e. The third-order valence-electron chi connectivity index (χ3n) is 6.00. The number of fused-ring (bicyclic) bond motifs is 1. The number of amides is 2. The van der Waals surface area contributed by atoms with E-state index in [9.17, 15) is 9.59 Å². The van der Waals surface area contributed by atoms with Crippen LogP contribution < -0.4 is 15.4 Å². The fourth-order valence-electron chi connectivity index (χ4n) is 4.39. The highest BCUT2D eigenvalue weighted by atomic mass is 35.5. The van der Waals surface area contributed by atoms with Gasteiger partial charge in [-0.1, -0.05) is 17.7 Å². The van der Waals surface area contributed by atoms with Crippen molar-refractivity contribution in [1.82, 2.24) is 15.5 Å². The Kier molecular flexibility index (Phi) is 7.70. The molecule has 9 heteroatoms. The molecule has 2 aliphatic rings. The van der Waals surface area contributed by atoms with Crippen LogP contribution in [0.3, 0.4) is 0 Å². The lowest BCUT2D eigenvalue weighted by Gasteiger charge is -2.29. The lowest BCUT2D eigenvalue weighted by Crippen LogP contribution is -2.50. The van der Waals surface area contributed by atoms with E-state index in [2.05, 4.69) is 22.3 Å². The summed E-state index contributed by atoms with van der Waals surface area (Å²) < 4.78 is 6.28. The standard InChI is InChI=1S/C25H29ClN4O3S/c1-4-19(24-21(27-3)14-18(34-24)5-6-29-15(2)31)20-13-17(26)11-16-12-22(33-23(16)20)25(32)30-9-7-28-8-10-30/h4,11,13-14,22,28H,3,5-10,12H2,1-2H3,(H,29,31)/b19-4-/t22-/m1/s1. The predicted octanol–water partition coefficient (Wildman–Crippen LogP) is 3.60. The molecule has 34 heavy (non-hydrogen) atoms. The summed E-state index contributed by atoms with van der Waals surface area (Å²) >= 11 is 8.12. The molecule has 0 unspecified atom stereocenters. The Labute approximate surface area is 208 Å². The minimum atomic E-state index is -0.544. The SMILES string of the molecule is C=Nc1cc(CCNC(C)=O)sc1/C(=C\C)c1cc(Cl)cc2c1O[C@@H](C(=O)N1CCNCC1)C2. The van der Waals surface area contributed by atoms with Crippen LogP contribution in [-0.4, -0.2) is 62.3 Å². The summed E-state index contributed by atoms with van der Waals surface area (Å²) in [6.07, 6.45) is 2.67. The van der Waals surface area contributed by atoms with Gasteiger partial charge in [0.2, 0.25) is 5.91 Å². The largest absolute Gasteiger partial charge is 0.479 e. The van der Waals surface area contributed by atoms with Crippen molar-refractivity contribution in [2.75, 3.05) is 32.7 Å². The lowest BCUT2D eigenvalue weighted by molar-refractivity contribution is -0.138. The first kappa shape index (κ1) is 24.4. The number of hydrogen-bond donors (Lipinski definition) is 2. The molecule has 0 aliphatic carbocycles. The number of halogens is 1. The molecule has 7 nitrogen and oxygen atoms in total. The first-order valence-electron chi connectivity index (χ1n) is 11.4. The highest BCUT2D eigenvalue weighted by Crippen LogP contribution is 2.45. The molecule has 2 N–H and O–H groups in total. The van der Waals surface area contributed by atoms with Crippen LogP contribution in [0.15, 0.2) is 29.3 Å². The van der Waals surface area contributed by atoms with Gasteiger partial charge in [0.1, 0.15) is 5.75 Å². The Bertz CT molecular complexity index is 1140. The van der Waals surface area contributed by atoms with E-state index in [0.29, 0.717) is 43.2 Å². The summed E-state index contributed by atoms with van der Waals surface area (Å²) in [6.45, 7) is 10.7. The maximum absolute atomic E-state index is 13.1. The van der Waals surface area contributed by atoms with E-state index < -0.39 is 6.10 Å². The summed E-state index contributed by atoms with van der Waals surface area (Å²) in [5.41, 5.74) is 3.50. The molecule has 0 radical (unpaired) electrons. The Morgan fingerprint density at radius 2 is 2.12 bits per heavy atom. The number of nitrogens with one attached hydrogen (secondary N) is 2. The Morgan fingerprint density at radius 3 is 2.79 bits per heavy atom. The summed E-state index contributed by atoms with van der Waals surface area (Å²) in [4.78, 5) is 32.5. The average Bonchev–Trinajstić information content (AvgIpc) is 3.43. The molecule has 2 aromatic rings. The van der Waals surface area contributed by atoms with Gasteiger partial charge < -0.3 is 20.3 Å². The van der Waals surface area contributed by atoms with E-state index >= 15 is 0 Å². The van der Waals surface area contributed by atoms with Gasteiger partial charge in [0.15, 0.2) is 6.10 Å². The van der Waals surface area contributed by atoms with E-state index in [4.69, 9.17) is 16.3 Å². The monoisotopic (exact) mass is 500 g/mol. The predicted molar refractivity (Wildman–Crippen MR) is 138 cm³/mol. The third-order valence-corrected chi connectivity index (χ3v) is 7.44. The number of carbonyl (C=O) groups is 2. The van der Waals surface area contributed by atoms with Crippen LogP contribution in [0.5, 0.6) is 5.75 Å². The van der Waals surface area contributed by atoms with Crippen LogP contribution in [0.1, 0.15) is 34.7 Å². The Hall–Kier alpha value is -2.68. The van der Waals surface area contributed by atoms with E-state index in [1.54, 1.807) is 11.3 Å². The van der Waals surface area contributed by atoms with E-state index in [0.717, 1.165) is 45.2 Å². The molecule has 1 aromatic carbocycles. The van der Waals surface area contributed by atoms with Crippen molar-refractivity contribution in [3.8, 4) is 5.75 Å². The number of nitrogens with zero attached hydrogens (tertiary/aromatic N) is 2. The number of thiophene rings is 1. The van der Waals surface area contributed by atoms with Gasteiger partial charge in [-0.05, 0) is 38.3 Å². The molecule has 1 fully saturated rings. The van der Waals surface area contributed by atoms with Crippen molar-refractivity contribution >= 4 is 52.7 Å². The maximum Gasteiger partial charge on any atom is 0.264 e. The molecule has 1 saturated heterocycles. The van der Waals surface area contributed by atoms with Gasteiger partial charge in [0.25, 0.3) is 5.91 Å². The highest BCUT2D eigenvalue weighted by molar-refractivity contribution is 7.13. The van der Waals surface area contributed by atoms with Gasteiger partial charge in [-0.3, -0.25) is 14.6 Å². The summed E-state index contributed by atoms with van der Waals surface area (Å²) in [7, 11) is 0. The van der Waals surface area contributed by atoms with Crippen LogP contribution in [0.4, 0.5) is 5.69 Å². The minimum Gasteiger partial charge on any atom is -0.479 e. The second-order valence-corrected chi connectivity index (χ2v) is 9.92. The molecular weight excluding hydrogens is 472 g/mol. The second kappa shape index (κ2) is 10.7. The normalized spacial score (nSPS) is 17.8. The zero-order chi connectivity index (χ0) is 24.2. The van der Waals surface area contributed by atoms with Gasteiger partial charge in [-0.2, -0.15) is 0 Å². The van der Waals surface area contributed by atoms with E-state index in [1.807, 2.05) is 36.1 Å². The van der Waals surface area contributed by atoms with Crippen LogP contribution in [-0.2, 0) is 22.4 Å². The molecule has 0 bridgehead atoms. The number of allylic oxidation sites excluding steroid dienone is 1. The van der Waals surface area contributed by atoms with Crippen LogP contribution in [0.2, 0.25) is 5.02 Å². The molecule has 3 heterocycles. The van der Waals surface area contributed by atoms with Gasteiger partial charge in [-0.25, -0.2) is 0 Å². The molecule has 2 aliphatic heterocycles. The number of rotatable bonds is 7. The van der Waals surface area contributed by atoms with E-state index in [-0.39, 0.29) is 11.8 Å². The second-order valence-electron chi connectivity index (χ2n) is 8.35. The fourth-order valence-corrected chi connectivity index (χ4v) is 5.83. The molecule has 0 spiro atoms. The highest BCUT2D eigenvalue weighted by Gasteiger charge is 2.35. The topological polar surface area (TPSA) is 83.0 Å². The van der Waals surface area contributed by atoms with Crippen molar-refractivity contribution in [2.45, 2.75) is 32.8 Å².